The first-order valence-electron chi connectivity index (χ1n) is 3.95. The summed E-state index contributed by atoms with van der Waals surface area (Å²) < 4.78 is 4.91. The first-order chi connectivity index (χ1) is 5.22. The Kier molecular flexibility index (Phi) is 6.33. The van der Waals surface area contributed by atoms with Gasteiger partial charge in [-0.15, -0.1) is 11.6 Å². The summed E-state index contributed by atoms with van der Waals surface area (Å²) in [5.41, 5.74) is 0. The number of carbonyl (C=O) groups excluding carboxylic acids is 1. The van der Waals surface area contributed by atoms with E-state index < -0.39 is 0 Å². The lowest BCUT2D eigenvalue weighted by Crippen LogP contribution is -2.15. The van der Waals surface area contributed by atoms with E-state index in [0.29, 0.717) is 18.9 Å². The summed E-state index contributed by atoms with van der Waals surface area (Å²) >= 11 is 5.47. The second-order valence-electron chi connectivity index (χ2n) is 2.55. The summed E-state index contributed by atoms with van der Waals surface area (Å²) in [5.74, 6) is 0.328. The van der Waals surface area contributed by atoms with Gasteiger partial charge < -0.3 is 4.74 Å². The van der Waals surface area contributed by atoms with Crippen LogP contribution in [0.15, 0.2) is 0 Å². The van der Waals surface area contributed by atoms with E-state index in [1.165, 1.54) is 0 Å². The smallest absolute Gasteiger partial charge is 0.308 e. The van der Waals surface area contributed by atoms with E-state index >= 15 is 0 Å². The van der Waals surface area contributed by atoms with Crippen LogP contribution in [0, 0.1) is 5.92 Å². The molecule has 0 N–H and O–H groups in total. The Balaban J connectivity index is 3.47. The van der Waals surface area contributed by atoms with E-state index in [0.717, 1.165) is 6.42 Å². The van der Waals surface area contributed by atoms with Gasteiger partial charge in [0.2, 0.25) is 0 Å². The average Bonchev–Trinajstić information content (AvgIpc) is 2.00. The first-order valence-corrected chi connectivity index (χ1v) is 4.48. The zero-order valence-corrected chi connectivity index (χ0v) is 7.86. The van der Waals surface area contributed by atoms with Crippen LogP contribution in [-0.4, -0.2) is 18.5 Å². The number of ether oxygens (including phenoxy) is 1. The van der Waals surface area contributed by atoms with Crippen LogP contribution in [0.2, 0.25) is 0 Å². The molecule has 0 aliphatic carbocycles. The molecule has 0 rings (SSSR count). The minimum absolute atomic E-state index is 0.0564. The van der Waals surface area contributed by atoms with E-state index in [1.54, 1.807) is 0 Å². The Morgan fingerprint density at radius 2 is 2.27 bits per heavy atom. The van der Waals surface area contributed by atoms with Gasteiger partial charge in [-0.25, -0.2) is 0 Å². The van der Waals surface area contributed by atoms with Crippen molar-refractivity contribution in [2.24, 2.45) is 5.92 Å². The average molecular weight is 179 g/mol. The summed E-state index contributed by atoms with van der Waals surface area (Å²) in [6.07, 6.45) is 1.57. The zero-order valence-electron chi connectivity index (χ0n) is 7.10. The third-order valence-corrected chi connectivity index (χ3v) is 1.61. The van der Waals surface area contributed by atoms with Crippen LogP contribution < -0.4 is 0 Å². The second-order valence-corrected chi connectivity index (χ2v) is 2.92. The molecular formula is C8H15ClO2. The molecule has 0 bridgehead atoms. The molecule has 0 aliphatic rings. The highest BCUT2D eigenvalue weighted by atomic mass is 35.5. The zero-order chi connectivity index (χ0) is 8.69. The van der Waals surface area contributed by atoms with E-state index in [2.05, 4.69) is 0 Å². The number of hydrogen-bond acceptors (Lipinski definition) is 2. The third-order valence-electron chi connectivity index (χ3n) is 1.39. The van der Waals surface area contributed by atoms with Gasteiger partial charge in [-0.3, -0.25) is 4.79 Å². The van der Waals surface area contributed by atoms with Crippen LogP contribution in [0.5, 0.6) is 0 Å². The van der Waals surface area contributed by atoms with Gasteiger partial charge in [0.1, 0.15) is 0 Å². The normalized spacial score (nSPS) is 12.6. The highest BCUT2D eigenvalue weighted by Gasteiger charge is 2.12. The summed E-state index contributed by atoms with van der Waals surface area (Å²) in [4.78, 5) is 11.0. The van der Waals surface area contributed by atoms with Gasteiger partial charge in [0.05, 0.1) is 12.5 Å². The molecule has 0 amide bonds. The number of hydrogen-bond donors (Lipinski definition) is 0. The number of halogens is 1. The maximum absolute atomic E-state index is 11.0. The van der Waals surface area contributed by atoms with Crippen LogP contribution in [0.4, 0.5) is 0 Å². The van der Waals surface area contributed by atoms with Gasteiger partial charge in [0.15, 0.2) is 0 Å². The van der Waals surface area contributed by atoms with Crippen LogP contribution in [0.3, 0.4) is 0 Å². The molecule has 0 saturated carbocycles. The van der Waals surface area contributed by atoms with Crippen molar-refractivity contribution in [1.29, 1.82) is 0 Å². The Bertz CT molecular complexity index is 115. The molecule has 0 heterocycles. The quantitative estimate of drug-likeness (QED) is 0.477. The monoisotopic (exact) mass is 178 g/mol. The minimum atomic E-state index is -0.132. The largest absolute Gasteiger partial charge is 0.465 e. The van der Waals surface area contributed by atoms with Crippen LogP contribution in [-0.2, 0) is 9.53 Å². The summed E-state index contributed by atoms with van der Waals surface area (Å²) in [5, 5.41) is 0. The molecule has 0 saturated heterocycles. The minimum Gasteiger partial charge on any atom is -0.465 e. The van der Waals surface area contributed by atoms with Crippen molar-refractivity contribution in [2.75, 3.05) is 12.5 Å². The van der Waals surface area contributed by atoms with Gasteiger partial charge in [-0.1, -0.05) is 13.8 Å². The lowest BCUT2D eigenvalue weighted by Gasteiger charge is -2.08. The lowest BCUT2D eigenvalue weighted by molar-refractivity contribution is -0.148. The molecule has 11 heavy (non-hydrogen) atoms. The fraction of sp³-hybridized carbons (Fsp3) is 0.875. The molecule has 0 aliphatic heterocycles. The Hall–Kier alpha value is -0.240. The maximum Gasteiger partial charge on any atom is 0.308 e. The van der Waals surface area contributed by atoms with Crippen molar-refractivity contribution in [1.82, 2.24) is 0 Å². The highest BCUT2D eigenvalue weighted by Crippen LogP contribution is 2.05. The molecule has 0 spiro atoms. The van der Waals surface area contributed by atoms with Crippen molar-refractivity contribution in [2.45, 2.75) is 26.7 Å². The molecule has 0 radical (unpaired) electrons. The SMILES string of the molecule is CCCOC(=O)C(C)CCCl. The Labute approximate surface area is 72.9 Å². The molecule has 1 unspecified atom stereocenters. The second kappa shape index (κ2) is 6.47. The van der Waals surface area contributed by atoms with Crippen molar-refractivity contribution < 1.29 is 9.53 Å². The van der Waals surface area contributed by atoms with Gasteiger partial charge in [-0.05, 0) is 12.8 Å². The lowest BCUT2D eigenvalue weighted by atomic mass is 10.1. The molecule has 0 aromatic heterocycles. The number of esters is 1. The Morgan fingerprint density at radius 3 is 2.73 bits per heavy atom. The van der Waals surface area contributed by atoms with E-state index in [1.807, 2.05) is 13.8 Å². The third kappa shape index (κ3) is 5.08. The first kappa shape index (κ1) is 10.8. The molecule has 66 valence electrons. The van der Waals surface area contributed by atoms with Gasteiger partial charge in [0.25, 0.3) is 0 Å². The van der Waals surface area contributed by atoms with E-state index in [9.17, 15) is 4.79 Å². The number of rotatable bonds is 5. The fourth-order valence-electron chi connectivity index (χ4n) is 0.626. The van der Waals surface area contributed by atoms with Crippen LogP contribution in [0.25, 0.3) is 0 Å². The predicted octanol–water partition coefficient (Wildman–Crippen LogP) is 2.20. The molecule has 1 atom stereocenters. The molecule has 2 nitrogen and oxygen atoms in total. The van der Waals surface area contributed by atoms with Crippen LogP contribution >= 0.6 is 11.6 Å². The van der Waals surface area contributed by atoms with Gasteiger partial charge in [0, 0.05) is 5.88 Å². The van der Waals surface area contributed by atoms with Crippen molar-refractivity contribution >= 4 is 17.6 Å². The highest BCUT2D eigenvalue weighted by molar-refractivity contribution is 6.17. The standard InChI is InChI=1S/C8H15ClO2/c1-3-6-11-8(10)7(2)4-5-9/h7H,3-6H2,1-2H3. The van der Waals surface area contributed by atoms with E-state index in [-0.39, 0.29) is 11.9 Å². The van der Waals surface area contributed by atoms with Gasteiger partial charge >= 0.3 is 5.97 Å². The molecule has 0 aromatic rings. The van der Waals surface area contributed by atoms with E-state index in [4.69, 9.17) is 16.3 Å². The van der Waals surface area contributed by atoms with Gasteiger partial charge in [-0.2, -0.15) is 0 Å². The Morgan fingerprint density at radius 1 is 1.64 bits per heavy atom. The van der Waals surface area contributed by atoms with Crippen molar-refractivity contribution in [3.8, 4) is 0 Å². The maximum atomic E-state index is 11.0. The molecular weight excluding hydrogens is 164 g/mol. The summed E-state index contributed by atoms with van der Waals surface area (Å²) in [6.45, 7) is 4.32. The molecule has 0 fully saturated rings. The van der Waals surface area contributed by atoms with Crippen molar-refractivity contribution in [3.63, 3.8) is 0 Å². The van der Waals surface area contributed by atoms with Crippen LogP contribution in [0.1, 0.15) is 26.7 Å². The predicted molar refractivity (Wildman–Crippen MR) is 45.8 cm³/mol. The van der Waals surface area contributed by atoms with Crippen molar-refractivity contribution in [3.05, 3.63) is 0 Å². The number of alkyl halides is 1. The summed E-state index contributed by atoms with van der Waals surface area (Å²) in [7, 11) is 0. The summed E-state index contributed by atoms with van der Waals surface area (Å²) in [6, 6.07) is 0. The molecule has 3 heteroatoms. The number of carbonyl (C=O) groups is 1. The fourth-order valence-corrected chi connectivity index (χ4v) is 0.954. The molecule has 0 aromatic carbocycles. The topological polar surface area (TPSA) is 26.3 Å².